The molecule has 1 aliphatic rings. The Morgan fingerprint density at radius 3 is 2.53 bits per heavy atom. The molecule has 102 valence electrons. The second-order valence-electron chi connectivity index (χ2n) is 5.06. The first-order valence-corrected chi connectivity index (χ1v) is 6.73. The monoisotopic (exact) mass is 261 g/mol. The number of nitrogens with one attached hydrogen (secondary N) is 1. The Labute approximate surface area is 112 Å². The van der Waals surface area contributed by atoms with Crippen LogP contribution >= 0.6 is 0 Å². The smallest absolute Gasteiger partial charge is 0.326 e. The fourth-order valence-electron chi connectivity index (χ4n) is 2.15. The van der Waals surface area contributed by atoms with Gasteiger partial charge >= 0.3 is 5.97 Å². The quantitative estimate of drug-likeness (QED) is 0.788. The third kappa shape index (κ3) is 4.39. The first-order valence-electron chi connectivity index (χ1n) is 6.73. The number of carboxylic acids is 1. The Balaban J connectivity index is 1.71. The van der Waals surface area contributed by atoms with Crippen molar-refractivity contribution < 1.29 is 14.7 Å². The molecule has 2 N–H and O–H groups in total. The van der Waals surface area contributed by atoms with E-state index < -0.39 is 12.0 Å². The molecule has 1 fully saturated rings. The summed E-state index contributed by atoms with van der Waals surface area (Å²) < 4.78 is 0. The maximum Gasteiger partial charge on any atom is 0.326 e. The van der Waals surface area contributed by atoms with Crippen molar-refractivity contribution in [2.75, 3.05) is 0 Å². The molecule has 0 heterocycles. The van der Waals surface area contributed by atoms with Crippen LogP contribution < -0.4 is 5.32 Å². The normalized spacial score (nSPS) is 15.8. The summed E-state index contributed by atoms with van der Waals surface area (Å²) in [7, 11) is 0. The maximum absolute atomic E-state index is 11.7. The SMILES string of the molecule is O=C(CCCc1ccccc1)NC(C(=O)O)C1CC1. The molecule has 1 unspecified atom stereocenters. The zero-order valence-electron chi connectivity index (χ0n) is 10.8. The number of carboxylic acid groups (broad SMARTS) is 1. The van der Waals surface area contributed by atoms with Gasteiger partial charge in [0.1, 0.15) is 6.04 Å². The summed E-state index contributed by atoms with van der Waals surface area (Å²) in [5.41, 5.74) is 1.20. The van der Waals surface area contributed by atoms with E-state index in [0.717, 1.165) is 25.7 Å². The predicted octanol–water partition coefficient (Wildman–Crippen LogP) is 1.99. The van der Waals surface area contributed by atoms with Crippen molar-refractivity contribution in [1.29, 1.82) is 0 Å². The summed E-state index contributed by atoms with van der Waals surface area (Å²) in [6, 6.07) is 9.28. The third-order valence-electron chi connectivity index (χ3n) is 3.39. The van der Waals surface area contributed by atoms with E-state index in [0.29, 0.717) is 6.42 Å². The molecule has 0 spiro atoms. The molecule has 1 aliphatic carbocycles. The van der Waals surface area contributed by atoms with Crippen molar-refractivity contribution in [2.45, 2.75) is 38.1 Å². The Bertz CT molecular complexity index is 440. The van der Waals surface area contributed by atoms with Gasteiger partial charge in [-0.2, -0.15) is 0 Å². The topological polar surface area (TPSA) is 66.4 Å². The molecule has 0 aliphatic heterocycles. The number of aryl methyl sites for hydroxylation is 1. The minimum absolute atomic E-state index is 0.135. The van der Waals surface area contributed by atoms with Gasteiger partial charge < -0.3 is 10.4 Å². The van der Waals surface area contributed by atoms with E-state index in [4.69, 9.17) is 5.11 Å². The van der Waals surface area contributed by atoms with Gasteiger partial charge in [0, 0.05) is 6.42 Å². The highest BCUT2D eigenvalue weighted by Crippen LogP contribution is 2.32. The third-order valence-corrected chi connectivity index (χ3v) is 3.39. The number of carbonyl (C=O) groups is 2. The summed E-state index contributed by atoms with van der Waals surface area (Å²) in [5.74, 6) is -0.940. The first kappa shape index (κ1) is 13.6. The fraction of sp³-hybridized carbons (Fsp3) is 0.467. The molecule has 1 aromatic carbocycles. The van der Waals surface area contributed by atoms with Crippen LogP contribution in [0.2, 0.25) is 0 Å². The van der Waals surface area contributed by atoms with Gasteiger partial charge in [0.25, 0.3) is 0 Å². The van der Waals surface area contributed by atoms with Gasteiger partial charge in [-0.3, -0.25) is 4.79 Å². The van der Waals surface area contributed by atoms with Crippen LogP contribution in [0.1, 0.15) is 31.2 Å². The summed E-state index contributed by atoms with van der Waals surface area (Å²) >= 11 is 0. The van der Waals surface area contributed by atoms with Crippen LogP contribution in [0, 0.1) is 5.92 Å². The maximum atomic E-state index is 11.7. The van der Waals surface area contributed by atoms with E-state index in [1.54, 1.807) is 0 Å². The number of hydrogen-bond donors (Lipinski definition) is 2. The lowest BCUT2D eigenvalue weighted by Crippen LogP contribution is -2.42. The van der Waals surface area contributed by atoms with Crippen LogP contribution in [-0.4, -0.2) is 23.0 Å². The Morgan fingerprint density at radius 2 is 1.95 bits per heavy atom. The van der Waals surface area contributed by atoms with Gasteiger partial charge in [0.2, 0.25) is 5.91 Å². The average molecular weight is 261 g/mol. The molecule has 0 saturated heterocycles. The van der Waals surface area contributed by atoms with Crippen LogP contribution in [0.25, 0.3) is 0 Å². The molecular formula is C15H19NO3. The van der Waals surface area contributed by atoms with Gasteiger partial charge in [-0.05, 0) is 37.2 Å². The second kappa shape index (κ2) is 6.36. The number of benzene rings is 1. The van der Waals surface area contributed by atoms with Crippen LogP contribution in [0.3, 0.4) is 0 Å². The molecule has 1 aromatic rings. The molecular weight excluding hydrogens is 242 g/mol. The summed E-state index contributed by atoms with van der Waals surface area (Å²) in [6.45, 7) is 0. The molecule has 4 heteroatoms. The highest BCUT2D eigenvalue weighted by molar-refractivity contribution is 5.84. The highest BCUT2D eigenvalue weighted by Gasteiger charge is 2.36. The number of aliphatic carboxylic acids is 1. The van der Waals surface area contributed by atoms with Crippen LogP contribution in [0.5, 0.6) is 0 Å². The van der Waals surface area contributed by atoms with Gasteiger partial charge in [-0.15, -0.1) is 0 Å². The Kier molecular flexibility index (Phi) is 4.55. The Morgan fingerprint density at radius 1 is 1.26 bits per heavy atom. The van der Waals surface area contributed by atoms with Crippen molar-refractivity contribution in [3.63, 3.8) is 0 Å². The Hall–Kier alpha value is -1.84. The highest BCUT2D eigenvalue weighted by atomic mass is 16.4. The van der Waals surface area contributed by atoms with Crippen molar-refractivity contribution in [1.82, 2.24) is 5.32 Å². The lowest BCUT2D eigenvalue weighted by atomic mass is 10.1. The second-order valence-corrected chi connectivity index (χ2v) is 5.06. The molecule has 0 aromatic heterocycles. The zero-order chi connectivity index (χ0) is 13.7. The number of amides is 1. The molecule has 4 nitrogen and oxygen atoms in total. The van der Waals surface area contributed by atoms with E-state index in [9.17, 15) is 9.59 Å². The first-order chi connectivity index (χ1) is 9.16. The molecule has 19 heavy (non-hydrogen) atoms. The summed E-state index contributed by atoms with van der Waals surface area (Å²) in [6.07, 6.45) is 3.77. The standard InChI is InChI=1S/C15H19NO3/c17-13(16-14(15(18)19)12-9-10-12)8-4-7-11-5-2-1-3-6-11/h1-3,5-6,12,14H,4,7-10H2,(H,16,17)(H,18,19). The number of rotatable bonds is 7. The van der Waals surface area contributed by atoms with Crippen LogP contribution in [-0.2, 0) is 16.0 Å². The molecule has 0 bridgehead atoms. The molecule has 1 saturated carbocycles. The van der Waals surface area contributed by atoms with E-state index >= 15 is 0 Å². The van der Waals surface area contributed by atoms with Gasteiger partial charge in [0.15, 0.2) is 0 Å². The lowest BCUT2D eigenvalue weighted by molar-refractivity contribution is -0.142. The van der Waals surface area contributed by atoms with Crippen molar-refractivity contribution in [3.05, 3.63) is 35.9 Å². The summed E-state index contributed by atoms with van der Waals surface area (Å²) in [5, 5.41) is 11.6. The van der Waals surface area contributed by atoms with Crippen molar-refractivity contribution in [2.24, 2.45) is 5.92 Å². The van der Waals surface area contributed by atoms with E-state index in [1.807, 2.05) is 30.3 Å². The van der Waals surface area contributed by atoms with Gasteiger partial charge in [-0.25, -0.2) is 4.79 Å². The predicted molar refractivity (Wildman–Crippen MR) is 71.7 cm³/mol. The van der Waals surface area contributed by atoms with Crippen LogP contribution in [0.4, 0.5) is 0 Å². The fourth-order valence-corrected chi connectivity index (χ4v) is 2.15. The van der Waals surface area contributed by atoms with Crippen molar-refractivity contribution >= 4 is 11.9 Å². The molecule has 1 atom stereocenters. The summed E-state index contributed by atoms with van der Waals surface area (Å²) in [4.78, 5) is 22.7. The lowest BCUT2D eigenvalue weighted by Gasteiger charge is -2.13. The van der Waals surface area contributed by atoms with Gasteiger partial charge in [0.05, 0.1) is 0 Å². The minimum Gasteiger partial charge on any atom is -0.480 e. The van der Waals surface area contributed by atoms with E-state index in [1.165, 1.54) is 5.56 Å². The molecule has 2 rings (SSSR count). The van der Waals surface area contributed by atoms with Crippen molar-refractivity contribution in [3.8, 4) is 0 Å². The van der Waals surface area contributed by atoms with E-state index in [2.05, 4.69) is 5.32 Å². The van der Waals surface area contributed by atoms with E-state index in [-0.39, 0.29) is 11.8 Å². The van der Waals surface area contributed by atoms with Crippen LogP contribution in [0.15, 0.2) is 30.3 Å². The minimum atomic E-state index is -0.918. The molecule has 0 radical (unpaired) electrons. The molecule has 1 amide bonds. The van der Waals surface area contributed by atoms with Gasteiger partial charge in [-0.1, -0.05) is 30.3 Å². The number of carbonyl (C=O) groups excluding carboxylic acids is 1. The average Bonchev–Trinajstić information content (AvgIpc) is 3.21. The largest absolute Gasteiger partial charge is 0.480 e. The zero-order valence-corrected chi connectivity index (χ0v) is 10.8. The number of hydrogen-bond acceptors (Lipinski definition) is 2.